The standard InChI is InChI=1S/C28H32N8O/c1-17-24-20(15-23(18-12-13-18)32-26(24)36(33-17)28(2,3)4)27(37)31-14-8-11-22-21(16-29)25(30)35(34-22)19-9-6-5-7-10-19/h5-7,9-10,15,18H,8,11-14,30H2,1-4H3,(H,31,37). The third kappa shape index (κ3) is 4.67. The van der Waals surface area contributed by atoms with Crippen molar-refractivity contribution in [2.24, 2.45) is 0 Å². The number of nitrogens with two attached hydrogens (primary N) is 1. The molecule has 0 saturated heterocycles. The number of hydrogen-bond donors (Lipinski definition) is 2. The number of nitrogens with zero attached hydrogens (tertiary/aromatic N) is 6. The molecule has 9 heteroatoms. The second-order valence-electron chi connectivity index (χ2n) is 10.7. The fraction of sp³-hybridized carbons (Fsp3) is 0.393. The molecule has 4 aromatic rings. The van der Waals surface area contributed by atoms with E-state index in [1.807, 2.05) is 48.0 Å². The summed E-state index contributed by atoms with van der Waals surface area (Å²) in [5, 5.41) is 22.8. The number of hydrogen-bond acceptors (Lipinski definition) is 6. The van der Waals surface area contributed by atoms with Crippen LogP contribution in [0.2, 0.25) is 0 Å². The highest BCUT2D eigenvalue weighted by Gasteiger charge is 2.30. The van der Waals surface area contributed by atoms with Crippen LogP contribution in [0.5, 0.6) is 0 Å². The zero-order valence-electron chi connectivity index (χ0n) is 21.7. The molecule has 0 unspecified atom stereocenters. The van der Waals surface area contributed by atoms with E-state index in [9.17, 15) is 10.1 Å². The van der Waals surface area contributed by atoms with Crippen LogP contribution in [0.3, 0.4) is 0 Å². The fourth-order valence-corrected chi connectivity index (χ4v) is 4.64. The van der Waals surface area contributed by atoms with Crippen LogP contribution in [0, 0.1) is 18.3 Å². The van der Waals surface area contributed by atoms with Crippen LogP contribution in [-0.2, 0) is 12.0 Å². The largest absolute Gasteiger partial charge is 0.382 e. The van der Waals surface area contributed by atoms with E-state index in [1.165, 1.54) is 0 Å². The Morgan fingerprint density at radius 2 is 1.95 bits per heavy atom. The first-order valence-corrected chi connectivity index (χ1v) is 12.7. The quantitative estimate of drug-likeness (QED) is 0.366. The molecule has 190 valence electrons. The fourth-order valence-electron chi connectivity index (χ4n) is 4.64. The number of anilines is 1. The number of rotatable bonds is 7. The van der Waals surface area contributed by atoms with Crippen molar-refractivity contribution in [2.75, 3.05) is 12.3 Å². The normalized spacial score (nSPS) is 13.6. The van der Waals surface area contributed by atoms with E-state index in [4.69, 9.17) is 15.8 Å². The maximum absolute atomic E-state index is 13.4. The molecule has 1 aromatic carbocycles. The van der Waals surface area contributed by atoms with Crippen LogP contribution in [0.4, 0.5) is 5.82 Å². The van der Waals surface area contributed by atoms with Crippen molar-refractivity contribution in [3.63, 3.8) is 0 Å². The number of nitrogen functional groups attached to an aromatic ring is 1. The summed E-state index contributed by atoms with van der Waals surface area (Å²) < 4.78 is 3.52. The number of fused-ring (bicyclic) bond motifs is 1. The number of amides is 1. The number of aryl methyl sites for hydroxylation is 2. The van der Waals surface area contributed by atoms with Gasteiger partial charge in [0.25, 0.3) is 5.91 Å². The van der Waals surface area contributed by atoms with Crippen molar-refractivity contribution in [2.45, 2.75) is 64.8 Å². The van der Waals surface area contributed by atoms with Gasteiger partial charge in [0, 0.05) is 18.2 Å². The Labute approximate surface area is 216 Å². The Morgan fingerprint density at radius 3 is 2.59 bits per heavy atom. The minimum absolute atomic E-state index is 0.138. The molecule has 1 amide bonds. The number of benzene rings is 1. The molecule has 0 spiro atoms. The lowest BCUT2D eigenvalue weighted by Crippen LogP contribution is -2.26. The molecule has 5 rings (SSSR count). The maximum atomic E-state index is 13.4. The highest BCUT2D eigenvalue weighted by molar-refractivity contribution is 6.06. The minimum atomic E-state index is -0.251. The molecule has 0 radical (unpaired) electrons. The van der Waals surface area contributed by atoms with E-state index < -0.39 is 0 Å². The average molecular weight is 497 g/mol. The van der Waals surface area contributed by atoms with Crippen molar-refractivity contribution in [3.8, 4) is 11.8 Å². The average Bonchev–Trinajstić information content (AvgIpc) is 3.60. The number of carbonyl (C=O) groups is 1. The van der Waals surface area contributed by atoms with Gasteiger partial charge in [-0.1, -0.05) is 18.2 Å². The van der Waals surface area contributed by atoms with E-state index in [0.717, 1.165) is 41.0 Å². The van der Waals surface area contributed by atoms with Crippen molar-refractivity contribution < 1.29 is 4.79 Å². The lowest BCUT2D eigenvalue weighted by Gasteiger charge is -2.20. The summed E-state index contributed by atoms with van der Waals surface area (Å²) in [6.07, 6.45) is 3.34. The van der Waals surface area contributed by atoms with E-state index >= 15 is 0 Å². The van der Waals surface area contributed by atoms with Crippen molar-refractivity contribution in [1.82, 2.24) is 29.9 Å². The SMILES string of the molecule is Cc1nn(C(C)(C)C)c2nc(C3CC3)cc(C(=O)NCCCc3nn(-c4ccccc4)c(N)c3C#N)c12. The molecule has 1 fully saturated rings. The van der Waals surface area contributed by atoms with Gasteiger partial charge in [0.1, 0.15) is 17.5 Å². The minimum Gasteiger partial charge on any atom is -0.382 e. The topological polar surface area (TPSA) is 127 Å². The van der Waals surface area contributed by atoms with Gasteiger partial charge in [0.2, 0.25) is 0 Å². The summed E-state index contributed by atoms with van der Waals surface area (Å²) in [5.41, 5.74) is 10.9. The predicted octanol–water partition coefficient (Wildman–Crippen LogP) is 4.37. The molecule has 1 saturated carbocycles. The van der Waals surface area contributed by atoms with Gasteiger partial charge in [0.15, 0.2) is 5.65 Å². The second kappa shape index (κ2) is 9.36. The molecular weight excluding hydrogens is 464 g/mol. The molecule has 3 N–H and O–H groups in total. The first-order valence-electron chi connectivity index (χ1n) is 12.7. The van der Waals surface area contributed by atoms with Gasteiger partial charge in [0.05, 0.1) is 33.6 Å². The number of carbonyl (C=O) groups excluding carboxylic acids is 1. The van der Waals surface area contributed by atoms with Gasteiger partial charge in [-0.3, -0.25) is 4.79 Å². The number of para-hydroxylation sites is 1. The first kappa shape index (κ1) is 24.5. The lowest BCUT2D eigenvalue weighted by molar-refractivity contribution is 0.0954. The molecule has 9 nitrogen and oxygen atoms in total. The summed E-state index contributed by atoms with van der Waals surface area (Å²) in [6.45, 7) is 8.63. The van der Waals surface area contributed by atoms with Crippen molar-refractivity contribution >= 4 is 22.8 Å². The Balaban J connectivity index is 1.34. The molecule has 3 heterocycles. The van der Waals surface area contributed by atoms with Gasteiger partial charge in [-0.25, -0.2) is 14.3 Å². The summed E-state index contributed by atoms with van der Waals surface area (Å²) in [6, 6.07) is 13.6. The molecule has 0 atom stereocenters. The Hall–Kier alpha value is -4.19. The third-order valence-electron chi connectivity index (χ3n) is 6.69. The van der Waals surface area contributed by atoms with Gasteiger partial charge in [-0.05, 0) is 71.6 Å². The Bertz CT molecular complexity index is 1510. The molecule has 3 aromatic heterocycles. The van der Waals surface area contributed by atoms with Gasteiger partial charge in [-0.2, -0.15) is 15.5 Å². The second-order valence-corrected chi connectivity index (χ2v) is 10.7. The highest BCUT2D eigenvalue weighted by Crippen LogP contribution is 2.41. The summed E-state index contributed by atoms with van der Waals surface area (Å²) >= 11 is 0. The van der Waals surface area contributed by atoms with E-state index in [2.05, 4.69) is 37.3 Å². The maximum Gasteiger partial charge on any atom is 0.252 e. The zero-order valence-corrected chi connectivity index (χ0v) is 21.7. The van der Waals surface area contributed by atoms with Crippen LogP contribution in [-0.4, -0.2) is 37.0 Å². The number of nitriles is 1. The summed E-state index contributed by atoms with van der Waals surface area (Å²) in [7, 11) is 0. The van der Waals surface area contributed by atoms with E-state index in [1.54, 1.807) is 4.68 Å². The number of pyridine rings is 1. The summed E-state index contributed by atoms with van der Waals surface area (Å²) in [4.78, 5) is 18.3. The van der Waals surface area contributed by atoms with Gasteiger partial charge in [-0.15, -0.1) is 0 Å². The molecular formula is C28H32N8O. The molecule has 1 aliphatic rings. The van der Waals surface area contributed by atoms with Crippen LogP contribution < -0.4 is 11.1 Å². The molecule has 0 bridgehead atoms. The van der Waals surface area contributed by atoms with Crippen LogP contribution in [0.1, 0.15) is 79.0 Å². The lowest BCUT2D eigenvalue weighted by atomic mass is 10.1. The molecule has 37 heavy (non-hydrogen) atoms. The van der Waals surface area contributed by atoms with Gasteiger partial charge >= 0.3 is 0 Å². The van der Waals surface area contributed by atoms with E-state index in [0.29, 0.717) is 47.9 Å². The van der Waals surface area contributed by atoms with Crippen molar-refractivity contribution in [1.29, 1.82) is 5.26 Å². The summed E-state index contributed by atoms with van der Waals surface area (Å²) in [5.74, 6) is 0.598. The highest BCUT2D eigenvalue weighted by atomic mass is 16.1. The first-order chi connectivity index (χ1) is 17.7. The zero-order chi connectivity index (χ0) is 26.3. The number of aromatic nitrogens is 5. The monoisotopic (exact) mass is 496 g/mol. The Morgan fingerprint density at radius 1 is 1.22 bits per heavy atom. The molecule has 0 aliphatic heterocycles. The van der Waals surface area contributed by atoms with Crippen LogP contribution in [0.25, 0.3) is 16.7 Å². The Kier molecular flexibility index (Phi) is 6.20. The van der Waals surface area contributed by atoms with Crippen LogP contribution >= 0.6 is 0 Å². The number of nitrogens with one attached hydrogen (secondary N) is 1. The van der Waals surface area contributed by atoms with E-state index in [-0.39, 0.29) is 11.4 Å². The van der Waals surface area contributed by atoms with Crippen molar-refractivity contribution in [3.05, 3.63) is 64.6 Å². The smallest absolute Gasteiger partial charge is 0.252 e. The molecule has 1 aliphatic carbocycles. The third-order valence-corrected chi connectivity index (χ3v) is 6.69. The van der Waals surface area contributed by atoms with Crippen LogP contribution in [0.15, 0.2) is 36.4 Å². The van der Waals surface area contributed by atoms with Gasteiger partial charge < -0.3 is 11.1 Å². The predicted molar refractivity (Wildman–Crippen MR) is 143 cm³/mol.